The molecule has 1 saturated heterocycles. The number of piperidine rings is 1. The molecule has 108 valence electrons. The van der Waals surface area contributed by atoms with E-state index >= 15 is 0 Å². The Kier molecular flexibility index (Phi) is 4.79. The van der Waals surface area contributed by atoms with Crippen LogP contribution >= 0.6 is 12.2 Å². The number of rotatable bonds is 4. The summed E-state index contributed by atoms with van der Waals surface area (Å²) in [6.07, 6.45) is 6.59. The SMILES string of the molecule is NC(=S)C1(C(=O)N2CCCC(CCO)C2)CCCC1. The lowest BCUT2D eigenvalue weighted by atomic mass is 9.83. The fourth-order valence-electron chi connectivity index (χ4n) is 3.51. The van der Waals surface area contributed by atoms with Crippen LogP contribution in [0, 0.1) is 11.3 Å². The largest absolute Gasteiger partial charge is 0.396 e. The Balaban J connectivity index is 2.07. The molecule has 0 radical (unpaired) electrons. The van der Waals surface area contributed by atoms with Crippen molar-refractivity contribution in [3.63, 3.8) is 0 Å². The minimum absolute atomic E-state index is 0.139. The highest BCUT2D eigenvalue weighted by Gasteiger charge is 2.46. The monoisotopic (exact) mass is 284 g/mol. The molecular weight excluding hydrogens is 260 g/mol. The average Bonchev–Trinajstić information content (AvgIpc) is 2.89. The molecular formula is C14H24N2O2S. The summed E-state index contributed by atoms with van der Waals surface area (Å²) in [5.41, 5.74) is 5.30. The van der Waals surface area contributed by atoms with Crippen LogP contribution in [0.3, 0.4) is 0 Å². The van der Waals surface area contributed by atoms with Crippen molar-refractivity contribution in [1.82, 2.24) is 4.90 Å². The number of hydrogen-bond donors (Lipinski definition) is 2. The van der Waals surface area contributed by atoms with Gasteiger partial charge < -0.3 is 15.7 Å². The third-order valence-corrected chi connectivity index (χ3v) is 5.07. The predicted octanol–water partition coefficient (Wildman–Crippen LogP) is 1.45. The Labute approximate surface area is 120 Å². The molecule has 2 fully saturated rings. The molecule has 3 N–H and O–H groups in total. The average molecular weight is 284 g/mol. The summed E-state index contributed by atoms with van der Waals surface area (Å²) in [5.74, 6) is 0.563. The molecule has 1 aliphatic heterocycles. The lowest BCUT2D eigenvalue weighted by molar-refractivity contribution is -0.140. The first-order valence-electron chi connectivity index (χ1n) is 7.30. The van der Waals surface area contributed by atoms with Crippen molar-refractivity contribution in [2.24, 2.45) is 17.1 Å². The van der Waals surface area contributed by atoms with E-state index in [1.54, 1.807) is 0 Å². The Morgan fingerprint density at radius 2 is 2.05 bits per heavy atom. The van der Waals surface area contributed by atoms with E-state index in [-0.39, 0.29) is 12.5 Å². The van der Waals surface area contributed by atoms with Crippen LogP contribution in [0.2, 0.25) is 0 Å². The molecule has 0 aromatic rings. The summed E-state index contributed by atoms with van der Waals surface area (Å²) in [6, 6.07) is 0. The Hall–Kier alpha value is -0.680. The van der Waals surface area contributed by atoms with Crippen molar-refractivity contribution >= 4 is 23.1 Å². The van der Waals surface area contributed by atoms with Gasteiger partial charge in [0.25, 0.3) is 0 Å². The molecule has 19 heavy (non-hydrogen) atoms. The van der Waals surface area contributed by atoms with E-state index in [0.717, 1.165) is 58.0 Å². The molecule has 1 saturated carbocycles. The molecule has 0 aromatic heterocycles. The van der Waals surface area contributed by atoms with Crippen molar-refractivity contribution < 1.29 is 9.90 Å². The van der Waals surface area contributed by atoms with E-state index < -0.39 is 5.41 Å². The third kappa shape index (κ3) is 2.92. The molecule has 2 rings (SSSR count). The number of carbonyl (C=O) groups excluding carboxylic acids is 1. The number of likely N-dealkylation sites (tertiary alicyclic amines) is 1. The molecule has 2 aliphatic rings. The van der Waals surface area contributed by atoms with Crippen molar-refractivity contribution in [2.45, 2.75) is 44.9 Å². The van der Waals surface area contributed by atoms with Gasteiger partial charge in [-0.15, -0.1) is 0 Å². The zero-order valence-corrected chi connectivity index (χ0v) is 12.3. The van der Waals surface area contributed by atoms with E-state index in [1.807, 2.05) is 4.90 Å². The predicted molar refractivity (Wildman–Crippen MR) is 78.7 cm³/mol. The summed E-state index contributed by atoms with van der Waals surface area (Å²) in [6.45, 7) is 1.77. The van der Waals surface area contributed by atoms with Crippen LogP contribution < -0.4 is 5.73 Å². The van der Waals surface area contributed by atoms with Crippen molar-refractivity contribution in [3.05, 3.63) is 0 Å². The second-order valence-electron chi connectivity index (χ2n) is 5.93. The van der Waals surface area contributed by atoms with Gasteiger partial charge in [-0.2, -0.15) is 0 Å². The summed E-state index contributed by atoms with van der Waals surface area (Å²) in [4.78, 5) is 15.1. The van der Waals surface area contributed by atoms with Crippen LogP contribution in [-0.4, -0.2) is 40.6 Å². The number of hydrogen-bond acceptors (Lipinski definition) is 3. The lowest BCUT2D eigenvalue weighted by Gasteiger charge is -2.38. The van der Waals surface area contributed by atoms with Gasteiger partial charge in [-0.05, 0) is 38.0 Å². The molecule has 1 amide bonds. The molecule has 1 aliphatic carbocycles. The molecule has 0 spiro atoms. The smallest absolute Gasteiger partial charge is 0.235 e. The van der Waals surface area contributed by atoms with Gasteiger partial charge >= 0.3 is 0 Å². The Morgan fingerprint density at radius 1 is 1.37 bits per heavy atom. The normalized spacial score (nSPS) is 26.4. The summed E-state index contributed by atoms with van der Waals surface area (Å²) in [7, 11) is 0. The highest BCUT2D eigenvalue weighted by molar-refractivity contribution is 7.80. The van der Waals surface area contributed by atoms with E-state index in [1.165, 1.54) is 0 Å². The molecule has 1 heterocycles. The van der Waals surface area contributed by atoms with Gasteiger partial charge in [0.05, 0.1) is 10.4 Å². The fourth-order valence-corrected chi connectivity index (χ4v) is 3.81. The number of aliphatic hydroxyl groups excluding tert-OH is 1. The van der Waals surface area contributed by atoms with Gasteiger partial charge in [-0.3, -0.25) is 4.79 Å². The summed E-state index contributed by atoms with van der Waals surface area (Å²) >= 11 is 5.18. The van der Waals surface area contributed by atoms with Gasteiger partial charge in [0.1, 0.15) is 0 Å². The third-order valence-electron chi connectivity index (χ3n) is 4.68. The van der Waals surface area contributed by atoms with E-state index in [4.69, 9.17) is 23.1 Å². The summed E-state index contributed by atoms with van der Waals surface area (Å²) in [5, 5.41) is 9.05. The lowest BCUT2D eigenvalue weighted by Crippen LogP contribution is -2.52. The maximum absolute atomic E-state index is 12.8. The number of nitrogens with two attached hydrogens (primary N) is 1. The molecule has 0 bridgehead atoms. The molecule has 4 nitrogen and oxygen atoms in total. The van der Waals surface area contributed by atoms with Crippen LogP contribution in [0.4, 0.5) is 0 Å². The van der Waals surface area contributed by atoms with Crippen LogP contribution in [0.1, 0.15) is 44.9 Å². The number of aliphatic hydroxyl groups is 1. The van der Waals surface area contributed by atoms with Gasteiger partial charge in [0.15, 0.2) is 0 Å². The van der Waals surface area contributed by atoms with Gasteiger partial charge in [-0.1, -0.05) is 25.1 Å². The van der Waals surface area contributed by atoms with Gasteiger partial charge in [0, 0.05) is 19.7 Å². The van der Waals surface area contributed by atoms with Crippen molar-refractivity contribution in [3.8, 4) is 0 Å². The number of amides is 1. The highest BCUT2D eigenvalue weighted by Crippen LogP contribution is 2.41. The van der Waals surface area contributed by atoms with E-state index in [0.29, 0.717) is 10.9 Å². The number of carbonyl (C=O) groups is 1. The zero-order chi connectivity index (χ0) is 13.9. The maximum Gasteiger partial charge on any atom is 0.235 e. The second kappa shape index (κ2) is 6.18. The Morgan fingerprint density at radius 3 is 2.63 bits per heavy atom. The number of nitrogens with zero attached hydrogens (tertiary/aromatic N) is 1. The first kappa shape index (κ1) is 14.7. The van der Waals surface area contributed by atoms with E-state index in [9.17, 15) is 4.79 Å². The van der Waals surface area contributed by atoms with Crippen LogP contribution in [0.5, 0.6) is 0 Å². The zero-order valence-electron chi connectivity index (χ0n) is 11.4. The van der Waals surface area contributed by atoms with E-state index in [2.05, 4.69) is 0 Å². The topological polar surface area (TPSA) is 66.6 Å². The van der Waals surface area contributed by atoms with Crippen molar-refractivity contribution in [2.75, 3.05) is 19.7 Å². The second-order valence-corrected chi connectivity index (χ2v) is 6.36. The molecule has 5 heteroatoms. The molecule has 1 unspecified atom stereocenters. The fraction of sp³-hybridized carbons (Fsp3) is 0.857. The quantitative estimate of drug-likeness (QED) is 0.767. The number of thiocarbonyl (C=S) groups is 1. The molecule has 1 atom stereocenters. The van der Waals surface area contributed by atoms with Crippen LogP contribution in [0.25, 0.3) is 0 Å². The van der Waals surface area contributed by atoms with Crippen LogP contribution in [0.15, 0.2) is 0 Å². The van der Waals surface area contributed by atoms with Crippen molar-refractivity contribution in [1.29, 1.82) is 0 Å². The van der Waals surface area contributed by atoms with Crippen LogP contribution in [-0.2, 0) is 4.79 Å². The minimum Gasteiger partial charge on any atom is -0.396 e. The first-order chi connectivity index (χ1) is 9.10. The summed E-state index contributed by atoms with van der Waals surface area (Å²) < 4.78 is 0. The minimum atomic E-state index is -0.573. The van der Waals surface area contributed by atoms with Gasteiger partial charge in [-0.25, -0.2) is 0 Å². The van der Waals surface area contributed by atoms with Gasteiger partial charge in [0.2, 0.25) is 5.91 Å². The standard InChI is InChI=1S/C14H24N2O2S/c15-12(19)14(6-1-2-7-14)13(18)16-8-3-4-11(10-16)5-9-17/h11,17H,1-10H2,(H2,15,19). The first-order valence-corrected chi connectivity index (χ1v) is 7.71. The highest BCUT2D eigenvalue weighted by atomic mass is 32.1. The molecule has 0 aromatic carbocycles. The Bertz CT molecular complexity index is 351. The maximum atomic E-state index is 12.8.